The zero-order chi connectivity index (χ0) is 20.0. The fraction of sp³-hybridized carbons (Fsp3) is 0.188. The van der Waals surface area contributed by atoms with Crippen molar-refractivity contribution in [2.45, 2.75) is 12.7 Å². The highest BCUT2D eigenvalue weighted by molar-refractivity contribution is 6.45. The molecule has 0 aliphatic rings. The van der Waals surface area contributed by atoms with Gasteiger partial charge < -0.3 is 9.40 Å². The normalized spacial score (nSPS) is 12.6. The van der Waals surface area contributed by atoms with Gasteiger partial charge in [0.2, 0.25) is 5.71 Å². The van der Waals surface area contributed by atoms with Crippen molar-refractivity contribution in [3.8, 4) is 6.07 Å². The molecule has 1 amide bonds. The second-order valence-corrected chi connectivity index (χ2v) is 5.43. The summed E-state index contributed by atoms with van der Waals surface area (Å²) in [5.74, 6) is -1.14. The summed E-state index contributed by atoms with van der Waals surface area (Å²) in [6, 6.07) is 6.15. The molecule has 0 fully saturated rings. The van der Waals surface area contributed by atoms with Gasteiger partial charge in [-0.3, -0.25) is 4.79 Å². The van der Waals surface area contributed by atoms with E-state index in [1.165, 1.54) is 22.9 Å². The van der Waals surface area contributed by atoms with Crippen LogP contribution in [0.3, 0.4) is 0 Å². The lowest BCUT2D eigenvalue weighted by Crippen LogP contribution is -2.26. The first-order valence-electron chi connectivity index (χ1n) is 7.23. The molecule has 140 valence electrons. The summed E-state index contributed by atoms with van der Waals surface area (Å²) in [6.45, 7) is 0.0672. The summed E-state index contributed by atoms with van der Waals surface area (Å²) in [5.41, 5.74) is -1.40. The highest BCUT2D eigenvalue weighted by Crippen LogP contribution is 2.27. The minimum Gasteiger partial charge on any atom is -0.398 e. The van der Waals surface area contributed by atoms with Gasteiger partial charge in [-0.1, -0.05) is 22.8 Å². The number of pyridine rings is 2. The van der Waals surface area contributed by atoms with Gasteiger partial charge in [0.1, 0.15) is 23.8 Å². The van der Waals surface area contributed by atoms with E-state index in [9.17, 15) is 18.0 Å². The maximum atomic E-state index is 13.0. The Morgan fingerprint density at radius 2 is 2.15 bits per heavy atom. The number of oxime groups is 1. The van der Waals surface area contributed by atoms with Gasteiger partial charge in [0.05, 0.1) is 12.1 Å². The van der Waals surface area contributed by atoms with E-state index in [0.717, 1.165) is 19.4 Å². The van der Waals surface area contributed by atoms with Crippen LogP contribution in [0.25, 0.3) is 0 Å². The van der Waals surface area contributed by atoms with Crippen molar-refractivity contribution >= 4 is 23.2 Å². The number of alkyl halides is 3. The van der Waals surface area contributed by atoms with Crippen LogP contribution in [0.1, 0.15) is 11.1 Å². The van der Waals surface area contributed by atoms with Crippen LogP contribution in [-0.4, -0.2) is 28.3 Å². The van der Waals surface area contributed by atoms with E-state index in [-0.39, 0.29) is 17.2 Å². The molecule has 0 spiro atoms. The van der Waals surface area contributed by atoms with Crippen molar-refractivity contribution < 1.29 is 22.8 Å². The topological polar surface area (TPSA) is 92.6 Å². The first kappa shape index (κ1) is 20.1. The summed E-state index contributed by atoms with van der Waals surface area (Å²) in [5, 5.41) is 12.3. The minimum absolute atomic E-state index is 0.0672. The third kappa shape index (κ3) is 5.39. The van der Waals surface area contributed by atoms with Gasteiger partial charge in [0, 0.05) is 12.4 Å². The Hall–Kier alpha value is -3.19. The van der Waals surface area contributed by atoms with Crippen LogP contribution < -0.4 is 5.49 Å². The Morgan fingerprint density at radius 1 is 1.41 bits per heavy atom. The zero-order valence-corrected chi connectivity index (χ0v) is 14.5. The molecule has 0 bridgehead atoms. The molecule has 2 heterocycles. The molecule has 2 aromatic heterocycles. The van der Waals surface area contributed by atoms with E-state index in [0.29, 0.717) is 11.6 Å². The summed E-state index contributed by atoms with van der Waals surface area (Å²) < 4.78 is 40.3. The summed E-state index contributed by atoms with van der Waals surface area (Å²) in [7, 11) is 1.11. The standard InChI is InChI=1S/C16H11ClF3N5O2/c1-27-24-12(7-21)15(26)23-14-6-11(16(18,19)20)4-5-25(14)9-10-2-3-13(17)22-8-10/h2-6,8H,9H2,1H3/b23-14?,24-12-. The molecule has 27 heavy (non-hydrogen) atoms. The Kier molecular flexibility index (Phi) is 6.31. The second-order valence-electron chi connectivity index (χ2n) is 5.04. The first-order valence-corrected chi connectivity index (χ1v) is 7.61. The van der Waals surface area contributed by atoms with Gasteiger partial charge in [-0.15, -0.1) is 0 Å². The molecule has 0 N–H and O–H groups in total. The number of hydrogen-bond donors (Lipinski definition) is 0. The Morgan fingerprint density at radius 3 is 2.70 bits per heavy atom. The number of nitriles is 1. The number of carbonyl (C=O) groups excluding carboxylic acids is 1. The number of rotatable bonds is 4. The van der Waals surface area contributed by atoms with Crippen molar-refractivity contribution in [3.63, 3.8) is 0 Å². The second kappa shape index (κ2) is 8.46. The minimum atomic E-state index is -4.63. The molecule has 0 saturated carbocycles. The lowest BCUT2D eigenvalue weighted by Gasteiger charge is -2.11. The third-order valence-electron chi connectivity index (χ3n) is 3.19. The van der Waals surface area contributed by atoms with Crippen LogP contribution in [0.2, 0.25) is 5.15 Å². The van der Waals surface area contributed by atoms with Crippen LogP contribution in [0.5, 0.6) is 0 Å². The summed E-state index contributed by atoms with van der Waals surface area (Å²) in [6.07, 6.45) is -2.07. The van der Waals surface area contributed by atoms with Crippen molar-refractivity contribution in [2.75, 3.05) is 7.11 Å². The van der Waals surface area contributed by atoms with E-state index >= 15 is 0 Å². The van der Waals surface area contributed by atoms with E-state index in [1.807, 2.05) is 0 Å². The van der Waals surface area contributed by atoms with Gasteiger partial charge in [-0.25, -0.2) is 4.98 Å². The van der Waals surface area contributed by atoms with Crippen LogP contribution in [0.15, 0.2) is 46.8 Å². The monoisotopic (exact) mass is 397 g/mol. The van der Waals surface area contributed by atoms with Gasteiger partial charge in [0.15, 0.2) is 0 Å². The maximum Gasteiger partial charge on any atom is 0.416 e. The molecule has 0 saturated heterocycles. The average Bonchev–Trinajstić information content (AvgIpc) is 2.62. The molecule has 0 aliphatic carbocycles. The smallest absolute Gasteiger partial charge is 0.398 e. The van der Waals surface area contributed by atoms with E-state index in [1.54, 1.807) is 6.07 Å². The van der Waals surface area contributed by atoms with Crippen LogP contribution >= 0.6 is 11.6 Å². The molecule has 0 aromatic carbocycles. The first-order chi connectivity index (χ1) is 12.7. The van der Waals surface area contributed by atoms with Gasteiger partial charge in [-0.2, -0.15) is 23.4 Å². The molecule has 2 aromatic rings. The number of amides is 1. The molecule has 7 nitrogen and oxygen atoms in total. The van der Waals surface area contributed by atoms with Crippen molar-refractivity contribution in [2.24, 2.45) is 10.1 Å². The molecule has 2 rings (SSSR count). The molecule has 11 heteroatoms. The number of hydrogen-bond acceptors (Lipinski definition) is 5. The van der Waals surface area contributed by atoms with E-state index in [2.05, 4.69) is 20.0 Å². The van der Waals surface area contributed by atoms with Crippen LogP contribution in [-0.2, 0) is 22.4 Å². The van der Waals surface area contributed by atoms with Gasteiger partial charge >= 0.3 is 12.1 Å². The largest absolute Gasteiger partial charge is 0.416 e. The summed E-state index contributed by atoms with van der Waals surface area (Å²) >= 11 is 5.70. The quantitative estimate of drug-likeness (QED) is 0.450. The van der Waals surface area contributed by atoms with E-state index < -0.39 is 23.4 Å². The molecule has 0 atom stereocenters. The fourth-order valence-corrected chi connectivity index (χ4v) is 2.09. The van der Waals surface area contributed by atoms with Crippen molar-refractivity contribution in [1.29, 1.82) is 5.26 Å². The van der Waals surface area contributed by atoms with Gasteiger partial charge in [0.25, 0.3) is 0 Å². The SMILES string of the molecule is CO/N=C(/C#N)C(=O)N=c1cc(C(F)(F)F)ccn1Cc1ccc(Cl)nc1. The highest BCUT2D eigenvalue weighted by atomic mass is 35.5. The average molecular weight is 398 g/mol. The highest BCUT2D eigenvalue weighted by Gasteiger charge is 2.30. The summed E-state index contributed by atoms with van der Waals surface area (Å²) in [4.78, 5) is 23.8. The van der Waals surface area contributed by atoms with E-state index in [4.69, 9.17) is 16.9 Å². The maximum absolute atomic E-state index is 13.0. The molecular weight excluding hydrogens is 387 g/mol. The lowest BCUT2D eigenvalue weighted by atomic mass is 10.2. The van der Waals surface area contributed by atoms with Crippen LogP contribution in [0.4, 0.5) is 13.2 Å². The van der Waals surface area contributed by atoms with Gasteiger partial charge in [-0.05, 0) is 23.8 Å². The van der Waals surface area contributed by atoms with Crippen molar-refractivity contribution in [3.05, 3.63) is 58.4 Å². The Balaban J connectivity index is 2.55. The molecule has 0 unspecified atom stereocenters. The molecule has 0 aliphatic heterocycles. The lowest BCUT2D eigenvalue weighted by molar-refractivity contribution is -0.137. The van der Waals surface area contributed by atoms with Crippen molar-refractivity contribution in [1.82, 2.24) is 9.55 Å². The predicted octanol–water partition coefficient (Wildman–Crippen LogP) is 2.56. The third-order valence-corrected chi connectivity index (χ3v) is 3.41. The number of carbonyl (C=O) groups is 1. The Bertz CT molecular complexity index is 975. The van der Waals surface area contributed by atoms with Crippen LogP contribution in [0, 0.1) is 11.3 Å². The Labute approximate surface area is 156 Å². The molecule has 0 radical (unpaired) electrons. The predicted molar refractivity (Wildman–Crippen MR) is 88.4 cm³/mol. The number of nitrogens with zero attached hydrogens (tertiary/aromatic N) is 5. The zero-order valence-electron chi connectivity index (χ0n) is 13.7. The molecular formula is C16H11ClF3N5O2. The fourth-order valence-electron chi connectivity index (χ4n) is 1.98. The number of halogens is 4. The number of aromatic nitrogens is 2.